The van der Waals surface area contributed by atoms with Crippen LogP contribution in [-0.2, 0) is 19.2 Å². The van der Waals surface area contributed by atoms with Crippen molar-refractivity contribution in [1.29, 1.82) is 0 Å². The molecule has 1 N–H and O–H groups in total. The van der Waals surface area contributed by atoms with Gasteiger partial charge < -0.3 is 19.9 Å². The van der Waals surface area contributed by atoms with Gasteiger partial charge in [-0.1, -0.05) is 34.6 Å². The number of hydrogen-bond donors (Lipinski definition) is 1. The van der Waals surface area contributed by atoms with Crippen LogP contribution in [0.2, 0.25) is 0 Å². The van der Waals surface area contributed by atoms with Crippen molar-refractivity contribution in [3.05, 3.63) is 0 Å². The van der Waals surface area contributed by atoms with Crippen molar-refractivity contribution in [2.75, 3.05) is 20.6 Å². The standard InChI is InChI=1S/C22H35N3O4/c1-12(2)17-9-22(17,20(29)23-21(11-26)14(4)15(21)5)25(7)18(27)10-24(6)19(28)16-8-13(16)3/h11-17H,8-10H2,1-7H3,(H,23,29)/t13-,14?,15?,16+,17?,21?,22?/m1/s1. The van der Waals surface area contributed by atoms with Gasteiger partial charge in [-0.05, 0) is 42.4 Å². The molecular formula is C22H35N3O4. The second-order valence-corrected chi connectivity index (χ2v) is 10.0. The lowest BCUT2D eigenvalue weighted by atomic mass is 10.0. The van der Waals surface area contributed by atoms with E-state index in [1.165, 1.54) is 9.80 Å². The minimum Gasteiger partial charge on any atom is -0.341 e. The highest BCUT2D eigenvalue weighted by atomic mass is 16.2. The average Bonchev–Trinajstić information content (AvgIpc) is 3.60. The summed E-state index contributed by atoms with van der Waals surface area (Å²) in [7, 11) is 3.29. The van der Waals surface area contributed by atoms with Gasteiger partial charge >= 0.3 is 0 Å². The summed E-state index contributed by atoms with van der Waals surface area (Å²) in [6.07, 6.45) is 2.29. The molecule has 0 aromatic heterocycles. The van der Waals surface area contributed by atoms with Gasteiger partial charge in [-0.2, -0.15) is 0 Å². The maximum atomic E-state index is 13.3. The Balaban J connectivity index is 1.72. The predicted octanol–water partition coefficient (Wildman–Crippen LogP) is 1.31. The molecule has 3 amide bonds. The summed E-state index contributed by atoms with van der Waals surface area (Å²) in [6, 6.07) is 0. The number of nitrogens with zero attached hydrogens (tertiary/aromatic N) is 2. The Morgan fingerprint density at radius 3 is 2.07 bits per heavy atom. The molecule has 3 aliphatic carbocycles. The fourth-order valence-electron chi connectivity index (χ4n) is 5.01. The minimum atomic E-state index is -0.944. The third kappa shape index (κ3) is 3.36. The molecule has 0 spiro atoms. The van der Waals surface area contributed by atoms with Gasteiger partial charge in [-0.15, -0.1) is 0 Å². The van der Waals surface area contributed by atoms with Gasteiger partial charge in [0.2, 0.25) is 17.7 Å². The number of carbonyl (C=O) groups is 4. The van der Waals surface area contributed by atoms with E-state index in [9.17, 15) is 19.2 Å². The molecule has 0 aliphatic heterocycles. The third-order valence-corrected chi connectivity index (χ3v) is 8.00. The van der Waals surface area contributed by atoms with Crippen LogP contribution in [0.15, 0.2) is 0 Å². The Morgan fingerprint density at radius 1 is 1.14 bits per heavy atom. The van der Waals surface area contributed by atoms with Gasteiger partial charge in [0.15, 0.2) is 0 Å². The van der Waals surface area contributed by atoms with E-state index in [0.29, 0.717) is 12.3 Å². The molecule has 0 saturated heterocycles. The fraction of sp³-hybridized carbons (Fsp3) is 0.818. The number of amides is 3. The second kappa shape index (κ2) is 7.10. The molecule has 0 bridgehead atoms. The number of hydrogen-bond acceptors (Lipinski definition) is 4. The van der Waals surface area contributed by atoms with Gasteiger partial charge in [0, 0.05) is 20.0 Å². The van der Waals surface area contributed by atoms with E-state index < -0.39 is 11.1 Å². The van der Waals surface area contributed by atoms with Crippen molar-refractivity contribution in [3.63, 3.8) is 0 Å². The van der Waals surface area contributed by atoms with Crippen LogP contribution in [0.5, 0.6) is 0 Å². The van der Waals surface area contributed by atoms with Gasteiger partial charge in [-0.3, -0.25) is 14.4 Å². The Hall–Kier alpha value is -1.92. The largest absolute Gasteiger partial charge is 0.341 e. The highest BCUT2D eigenvalue weighted by Gasteiger charge is 2.68. The van der Waals surface area contributed by atoms with Crippen LogP contribution in [0.25, 0.3) is 0 Å². The molecule has 162 valence electrons. The zero-order valence-corrected chi connectivity index (χ0v) is 18.7. The smallest absolute Gasteiger partial charge is 0.247 e. The average molecular weight is 406 g/mol. The zero-order chi connectivity index (χ0) is 21.9. The first-order chi connectivity index (χ1) is 13.4. The Morgan fingerprint density at radius 2 is 1.69 bits per heavy atom. The molecule has 7 nitrogen and oxygen atoms in total. The van der Waals surface area contributed by atoms with Crippen LogP contribution in [0.1, 0.15) is 47.5 Å². The van der Waals surface area contributed by atoms with Gasteiger partial charge in [0.25, 0.3) is 0 Å². The lowest BCUT2D eigenvalue weighted by molar-refractivity contribution is -0.145. The highest BCUT2D eigenvalue weighted by molar-refractivity contribution is 5.98. The highest BCUT2D eigenvalue weighted by Crippen LogP contribution is 2.55. The summed E-state index contributed by atoms with van der Waals surface area (Å²) in [4.78, 5) is 53.4. The molecule has 0 aromatic carbocycles. The van der Waals surface area contributed by atoms with Crippen molar-refractivity contribution >= 4 is 24.0 Å². The maximum Gasteiger partial charge on any atom is 0.247 e. The second-order valence-electron chi connectivity index (χ2n) is 10.0. The lowest BCUT2D eigenvalue weighted by Gasteiger charge is -2.32. The Bertz CT molecular complexity index is 728. The first-order valence-electron chi connectivity index (χ1n) is 10.7. The molecule has 3 rings (SSSR count). The lowest BCUT2D eigenvalue weighted by Crippen LogP contribution is -2.57. The summed E-state index contributed by atoms with van der Waals surface area (Å²) >= 11 is 0. The summed E-state index contributed by atoms with van der Waals surface area (Å²) in [5.41, 5.74) is -1.77. The van der Waals surface area contributed by atoms with E-state index in [0.717, 1.165) is 12.7 Å². The molecule has 7 heteroatoms. The molecule has 3 saturated carbocycles. The van der Waals surface area contributed by atoms with Crippen LogP contribution < -0.4 is 5.32 Å². The zero-order valence-electron chi connectivity index (χ0n) is 18.7. The Labute approximate surface area is 173 Å². The minimum absolute atomic E-state index is 0.00510. The van der Waals surface area contributed by atoms with E-state index in [1.807, 2.05) is 34.6 Å². The summed E-state index contributed by atoms with van der Waals surface area (Å²) in [5.74, 6) is 0.331. The quantitative estimate of drug-likeness (QED) is 0.617. The van der Waals surface area contributed by atoms with E-state index in [4.69, 9.17) is 0 Å². The molecule has 3 fully saturated rings. The molecule has 4 unspecified atom stereocenters. The molecule has 0 radical (unpaired) electrons. The summed E-state index contributed by atoms with van der Waals surface area (Å²) in [6.45, 7) is 9.98. The molecule has 3 aliphatic rings. The SMILES string of the molecule is CC(C)C1CC1(C(=O)NC1(C=O)C(C)C1C)N(C)C(=O)CN(C)C(=O)[C@H]1C[C@H]1C. The monoisotopic (exact) mass is 405 g/mol. The van der Waals surface area contributed by atoms with Gasteiger partial charge in [-0.25, -0.2) is 0 Å². The van der Waals surface area contributed by atoms with Crippen LogP contribution in [0, 0.1) is 35.5 Å². The van der Waals surface area contributed by atoms with Crippen LogP contribution in [0.4, 0.5) is 0 Å². The van der Waals surface area contributed by atoms with E-state index in [2.05, 4.69) is 5.32 Å². The van der Waals surface area contributed by atoms with Crippen LogP contribution in [0.3, 0.4) is 0 Å². The van der Waals surface area contributed by atoms with E-state index in [-0.39, 0.29) is 53.9 Å². The first kappa shape index (κ1) is 21.8. The van der Waals surface area contributed by atoms with Crippen molar-refractivity contribution in [2.24, 2.45) is 35.5 Å². The van der Waals surface area contributed by atoms with Crippen molar-refractivity contribution in [3.8, 4) is 0 Å². The van der Waals surface area contributed by atoms with E-state index in [1.54, 1.807) is 14.1 Å². The van der Waals surface area contributed by atoms with Crippen molar-refractivity contribution < 1.29 is 19.2 Å². The van der Waals surface area contributed by atoms with E-state index >= 15 is 0 Å². The number of aldehydes is 1. The summed E-state index contributed by atoms with van der Waals surface area (Å²) < 4.78 is 0. The van der Waals surface area contributed by atoms with Crippen LogP contribution in [-0.4, -0.2) is 65.5 Å². The van der Waals surface area contributed by atoms with Gasteiger partial charge in [0.1, 0.15) is 17.4 Å². The fourth-order valence-corrected chi connectivity index (χ4v) is 5.01. The van der Waals surface area contributed by atoms with Crippen molar-refractivity contribution in [2.45, 2.75) is 58.5 Å². The first-order valence-corrected chi connectivity index (χ1v) is 10.7. The number of rotatable bonds is 8. The molecule has 0 heterocycles. The normalized spacial score (nSPS) is 39.5. The van der Waals surface area contributed by atoms with Gasteiger partial charge in [0.05, 0.1) is 6.54 Å². The molecule has 6 atom stereocenters. The number of nitrogens with one attached hydrogen (secondary N) is 1. The predicted molar refractivity (Wildman–Crippen MR) is 109 cm³/mol. The molecule has 29 heavy (non-hydrogen) atoms. The molecule has 0 aromatic rings. The Kier molecular flexibility index (Phi) is 5.33. The molecular weight excluding hydrogens is 370 g/mol. The van der Waals surface area contributed by atoms with Crippen molar-refractivity contribution in [1.82, 2.24) is 15.1 Å². The van der Waals surface area contributed by atoms with Crippen LogP contribution >= 0.6 is 0 Å². The third-order valence-electron chi connectivity index (χ3n) is 8.00. The number of likely N-dealkylation sites (N-methyl/N-ethyl adjacent to an activating group) is 2. The summed E-state index contributed by atoms with van der Waals surface area (Å²) in [5, 5.41) is 2.97. The number of carbonyl (C=O) groups excluding carboxylic acids is 4. The topological polar surface area (TPSA) is 86.8 Å². The maximum absolute atomic E-state index is 13.3.